The molecule has 0 aromatic carbocycles. The Labute approximate surface area is 181 Å². The van der Waals surface area contributed by atoms with Gasteiger partial charge in [-0.3, -0.25) is 14.6 Å². The first-order valence-corrected chi connectivity index (χ1v) is 10.5. The lowest BCUT2D eigenvalue weighted by atomic mass is 9.64. The van der Waals surface area contributed by atoms with Gasteiger partial charge in [-0.15, -0.1) is 0 Å². The van der Waals surface area contributed by atoms with E-state index in [1.165, 1.54) is 25.3 Å². The average Bonchev–Trinajstić information content (AvgIpc) is 2.68. The van der Waals surface area contributed by atoms with Gasteiger partial charge in [0.2, 0.25) is 0 Å². The van der Waals surface area contributed by atoms with Gasteiger partial charge in [-0.1, -0.05) is 26.5 Å². The molecule has 1 aliphatic heterocycles. The van der Waals surface area contributed by atoms with Crippen LogP contribution in [0.2, 0.25) is 0 Å². The van der Waals surface area contributed by atoms with E-state index in [-0.39, 0.29) is 34.7 Å². The van der Waals surface area contributed by atoms with Crippen LogP contribution in [-0.4, -0.2) is 29.7 Å². The molecule has 1 saturated carbocycles. The molecule has 0 saturated heterocycles. The van der Waals surface area contributed by atoms with Crippen molar-refractivity contribution in [3.05, 3.63) is 46.7 Å². The molecular weight excluding hydrogens is 398 g/mol. The minimum absolute atomic E-state index is 0.0976. The first-order valence-electron chi connectivity index (χ1n) is 10.5. The Kier molecular flexibility index (Phi) is 6.34. The van der Waals surface area contributed by atoms with E-state index in [2.05, 4.69) is 25.4 Å². The van der Waals surface area contributed by atoms with E-state index in [1.54, 1.807) is 20.1 Å². The average molecular weight is 427 g/mol. The Morgan fingerprint density at radius 1 is 1.35 bits per heavy atom. The molecule has 3 rings (SSSR count). The third-order valence-electron chi connectivity index (χ3n) is 6.31. The SMILES string of the molecule is C=C/C(=C\N=C/C)c1cc2c(c(=O)o1)C(=O)C1C[C@H](C(C)C)C[C@H](OC(C)=O)[C@@]1(C)O2. The summed E-state index contributed by atoms with van der Waals surface area (Å²) in [6, 6.07) is 1.51. The number of esters is 1. The highest BCUT2D eigenvalue weighted by molar-refractivity contribution is 6.02. The normalized spacial score (nSPS) is 28.1. The molecule has 31 heavy (non-hydrogen) atoms. The third kappa shape index (κ3) is 4.13. The summed E-state index contributed by atoms with van der Waals surface area (Å²) < 4.78 is 17.3. The van der Waals surface area contributed by atoms with E-state index >= 15 is 0 Å². The van der Waals surface area contributed by atoms with E-state index < -0.39 is 29.2 Å². The Balaban J connectivity index is 2.13. The Morgan fingerprint density at radius 2 is 2.06 bits per heavy atom. The van der Waals surface area contributed by atoms with Crippen molar-refractivity contribution in [2.45, 2.75) is 59.2 Å². The number of hydrogen-bond donors (Lipinski definition) is 0. The van der Waals surface area contributed by atoms with Crippen LogP contribution < -0.4 is 10.4 Å². The minimum Gasteiger partial charge on any atom is -0.482 e. The van der Waals surface area contributed by atoms with E-state index in [0.717, 1.165) is 0 Å². The maximum absolute atomic E-state index is 13.5. The van der Waals surface area contributed by atoms with Crippen molar-refractivity contribution >= 4 is 23.5 Å². The molecule has 1 aromatic heterocycles. The highest BCUT2D eigenvalue weighted by atomic mass is 16.6. The van der Waals surface area contributed by atoms with Crippen molar-refractivity contribution in [2.75, 3.05) is 0 Å². The van der Waals surface area contributed by atoms with Crippen LogP contribution in [0.25, 0.3) is 5.57 Å². The van der Waals surface area contributed by atoms with Crippen LogP contribution in [-0.2, 0) is 9.53 Å². The molecule has 1 aromatic rings. The van der Waals surface area contributed by atoms with Gasteiger partial charge >= 0.3 is 11.6 Å². The molecule has 0 radical (unpaired) electrons. The monoisotopic (exact) mass is 427 g/mol. The summed E-state index contributed by atoms with van der Waals surface area (Å²) in [6.45, 7) is 12.8. The molecule has 2 heterocycles. The molecule has 7 nitrogen and oxygen atoms in total. The van der Waals surface area contributed by atoms with E-state index in [4.69, 9.17) is 13.9 Å². The molecule has 4 atom stereocenters. The second kappa shape index (κ2) is 8.65. The van der Waals surface area contributed by atoms with Crippen molar-refractivity contribution < 1.29 is 23.5 Å². The van der Waals surface area contributed by atoms with Crippen LogP contribution in [0.3, 0.4) is 0 Å². The lowest BCUT2D eigenvalue weighted by molar-refractivity contribution is -0.173. The van der Waals surface area contributed by atoms with Crippen molar-refractivity contribution in [3.8, 4) is 5.75 Å². The van der Waals surface area contributed by atoms with Gasteiger partial charge < -0.3 is 13.9 Å². The molecule has 0 N–H and O–H groups in total. The number of nitrogens with zero attached hydrogens (tertiary/aromatic N) is 1. The number of carbonyl (C=O) groups excluding carboxylic acids is 2. The molecule has 166 valence electrons. The number of ether oxygens (including phenoxy) is 2. The van der Waals surface area contributed by atoms with Crippen LogP contribution in [0.4, 0.5) is 0 Å². The third-order valence-corrected chi connectivity index (χ3v) is 6.31. The van der Waals surface area contributed by atoms with Gasteiger partial charge in [0.1, 0.15) is 23.2 Å². The lowest BCUT2D eigenvalue weighted by Crippen LogP contribution is -2.62. The smallest absolute Gasteiger partial charge is 0.351 e. The minimum atomic E-state index is -1.08. The standard InChI is InChI=1S/C24H29NO6/c1-7-15(12-25-8-2)18-11-19-21(23(28)30-18)22(27)17-9-16(13(3)4)10-20(29-14(5)26)24(17,6)31-19/h7-8,11-13,16-17,20H,1,9-10H2,2-6H3/b15-12+,25-8-/t16-,17?,20-,24-/m0/s1. The van der Waals surface area contributed by atoms with Crippen LogP contribution in [0, 0.1) is 17.8 Å². The first-order chi connectivity index (χ1) is 14.6. The summed E-state index contributed by atoms with van der Waals surface area (Å²) >= 11 is 0. The number of Topliss-reactive ketones (excluding diaryl/α,β-unsaturated/α-hetero) is 1. The second-order valence-corrected chi connectivity index (χ2v) is 8.61. The molecule has 2 aliphatic rings. The van der Waals surface area contributed by atoms with Crippen LogP contribution in [0.1, 0.15) is 63.6 Å². The lowest BCUT2D eigenvalue weighted by Gasteiger charge is -2.50. The Bertz CT molecular complexity index is 1020. The zero-order valence-corrected chi connectivity index (χ0v) is 18.6. The Morgan fingerprint density at radius 3 is 2.65 bits per heavy atom. The number of rotatable bonds is 5. The number of fused-ring (bicyclic) bond motifs is 2. The predicted octanol–water partition coefficient (Wildman–Crippen LogP) is 4.21. The maximum atomic E-state index is 13.5. The van der Waals surface area contributed by atoms with Gasteiger partial charge in [0.25, 0.3) is 0 Å². The predicted molar refractivity (Wildman–Crippen MR) is 117 cm³/mol. The maximum Gasteiger partial charge on any atom is 0.351 e. The van der Waals surface area contributed by atoms with Gasteiger partial charge in [-0.2, -0.15) is 0 Å². The van der Waals surface area contributed by atoms with E-state index in [0.29, 0.717) is 18.4 Å². The number of aliphatic imine (C=N–C) groups is 1. The summed E-state index contributed by atoms with van der Waals surface area (Å²) in [5, 5.41) is 0. The number of carbonyl (C=O) groups is 2. The molecule has 1 fully saturated rings. The fourth-order valence-corrected chi connectivity index (χ4v) is 4.48. The highest BCUT2D eigenvalue weighted by Gasteiger charge is 2.58. The molecule has 1 unspecified atom stereocenters. The van der Waals surface area contributed by atoms with Crippen LogP contribution in [0.15, 0.2) is 39.1 Å². The first kappa shape index (κ1) is 22.7. The summed E-state index contributed by atoms with van der Waals surface area (Å²) in [7, 11) is 0. The summed E-state index contributed by atoms with van der Waals surface area (Å²) in [5.74, 6) is -0.609. The van der Waals surface area contributed by atoms with Crippen LogP contribution in [0.5, 0.6) is 5.75 Å². The summed E-state index contributed by atoms with van der Waals surface area (Å²) in [4.78, 5) is 42.1. The molecular formula is C24H29NO6. The van der Waals surface area contributed by atoms with Gasteiger partial charge in [0.05, 0.1) is 5.92 Å². The number of ketones is 1. The van der Waals surface area contributed by atoms with E-state index in [9.17, 15) is 14.4 Å². The van der Waals surface area contributed by atoms with Crippen molar-refractivity contribution in [3.63, 3.8) is 0 Å². The number of hydrogen-bond acceptors (Lipinski definition) is 7. The second-order valence-electron chi connectivity index (χ2n) is 8.61. The number of allylic oxidation sites excluding steroid dienone is 2. The van der Waals surface area contributed by atoms with Crippen molar-refractivity contribution in [2.24, 2.45) is 22.7 Å². The fraction of sp³-hybridized carbons (Fsp3) is 0.500. The quantitative estimate of drug-likeness (QED) is 0.397. The molecule has 0 spiro atoms. The Hall–Kier alpha value is -2.96. The van der Waals surface area contributed by atoms with E-state index in [1.807, 2.05) is 0 Å². The van der Waals surface area contributed by atoms with Gasteiger partial charge in [0, 0.05) is 31.0 Å². The molecule has 7 heteroatoms. The molecule has 0 amide bonds. The topological polar surface area (TPSA) is 95.2 Å². The molecule has 1 aliphatic carbocycles. The molecule has 0 bridgehead atoms. The van der Waals surface area contributed by atoms with Gasteiger partial charge in [0.15, 0.2) is 11.4 Å². The summed E-state index contributed by atoms with van der Waals surface area (Å²) in [6.07, 6.45) is 5.12. The zero-order chi connectivity index (χ0) is 22.9. The van der Waals surface area contributed by atoms with Crippen molar-refractivity contribution in [1.82, 2.24) is 0 Å². The van der Waals surface area contributed by atoms with Gasteiger partial charge in [-0.25, -0.2) is 4.79 Å². The van der Waals surface area contributed by atoms with Gasteiger partial charge in [-0.05, 0) is 38.5 Å². The summed E-state index contributed by atoms with van der Waals surface area (Å²) in [5.41, 5.74) is -1.46. The largest absolute Gasteiger partial charge is 0.482 e. The van der Waals surface area contributed by atoms with Crippen LogP contribution >= 0.6 is 0 Å². The highest BCUT2D eigenvalue weighted by Crippen LogP contribution is 2.49. The fourth-order valence-electron chi connectivity index (χ4n) is 4.48. The zero-order valence-electron chi connectivity index (χ0n) is 18.6. The van der Waals surface area contributed by atoms with Crippen molar-refractivity contribution in [1.29, 1.82) is 0 Å².